The number of anilines is 1. The van der Waals surface area contributed by atoms with Gasteiger partial charge in [0.2, 0.25) is 5.91 Å². The normalized spacial score (nSPS) is 11.7. The predicted molar refractivity (Wildman–Crippen MR) is 124 cm³/mol. The molecule has 154 valence electrons. The number of pyridine rings is 1. The molecule has 2 aromatic heterocycles. The lowest BCUT2D eigenvalue weighted by Gasteiger charge is -2.14. The Kier molecular flexibility index (Phi) is 6.05. The number of nitrogens with zero attached hydrogens (tertiary/aromatic N) is 3. The first-order valence-corrected chi connectivity index (χ1v) is 10.3. The van der Waals surface area contributed by atoms with Crippen molar-refractivity contribution in [2.45, 2.75) is 19.8 Å². The van der Waals surface area contributed by atoms with Gasteiger partial charge in [0, 0.05) is 23.1 Å². The first-order chi connectivity index (χ1) is 15.0. The number of benzene rings is 2. The van der Waals surface area contributed by atoms with Gasteiger partial charge in [-0.15, -0.1) is 0 Å². The highest BCUT2D eigenvalue weighted by Crippen LogP contribution is 2.26. The molecule has 0 bridgehead atoms. The van der Waals surface area contributed by atoms with Crippen LogP contribution in [0.2, 0.25) is 5.15 Å². The number of hydrogen-bond acceptors (Lipinski definition) is 4. The molecular formula is C25H21ClN4O. The zero-order chi connectivity index (χ0) is 21.8. The maximum Gasteiger partial charge on any atom is 0.231 e. The summed E-state index contributed by atoms with van der Waals surface area (Å²) < 4.78 is 0. The van der Waals surface area contributed by atoms with Crippen molar-refractivity contribution in [3.05, 3.63) is 95.7 Å². The zero-order valence-electron chi connectivity index (χ0n) is 17.2. The van der Waals surface area contributed by atoms with Gasteiger partial charge in [0.05, 0.1) is 24.0 Å². The monoisotopic (exact) mass is 428 g/mol. The number of carbonyl (C=O) groups excluding carboxylic acids is 1. The number of aromatic nitrogens is 3. The topological polar surface area (TPSA) is 67.8 Å². The van der Waals surface area contributed by atoms with Crippen LogP contribution in [0.4, 0.5) is 5.69 Å². The standard InChI is InChI=1S/C25H21ClN4O/c1-16-12-20(10-11-28-16)18-6-8-22(9-7-18)29-25(31)17(2)19-4-3-5-21(13-19)23-14-27-15-24(26)30-23/h3-15,17H,1-2H3,(H,29,31). The van der Waals surface area contributed by atoms with Crippen LogP contribution in [0.25, 0.3) is 22.4 Å². The van der Waals surface area contributed by atoms with Crippen LogP contribution >= 0.6 is 11.6 Å². The van der Waals surface area contributed by atoms with Gasteiger partial charge in [-0.2, -0.15) is 0 Å². The molecule has 2 aromatic carbocycles. The molecule has 0 radical (unpaired) electrons. The van der Waals surface area contributed by atoms with Crippen LogP contribution in [0.1, 0.15) is 24.1 Å². The first kappa shape index (κ1) is 20.7. The lowest BCUT2D eigenvalue weighted by molar-refractivity contribution is -0.117. The quantitative estimate of drug-likeness (QED) is 0.429. The molecule has 31 heavy (non-hydrogen) atoms. The summed E-state index contributed by atoms with van der Waals surface area (Å²) in [5, 5.41) is 3.33. The van der Waals surface area contributed by atoms with Gasteiger partial charge in [0.25, 0.3) is 0 Å². The van der Waals surface area contributed by atoms with Crippen LogP contribution in [0.15, 0.2) is 79.3 Å². The van der Waals surface area contributed by atoms with E-state index in [4.69, 9.17) is 11.6 Å². The summed E-state index contributed by atoms with van der Waals surface area (Å²) in [6.45, 7) is 3.85. The maximum atomic E-state index is 12.8. The number of amides is 1. The zero-order valence-corrected chi connectivity index (χ0v) is 18.0. The van der Waals surface area contributed by atoms with Gasteiger partial charge < -0.3 is 5.32 Å². The van der Waals surface area contributed by atoms with E-state index in [1.807, 2.05) is 74.5 Å². The minimum atomic E-state index is -0.338. The largest absolute Gasteiger partial charge is 0.326 e. The highest BCUT2D eigenvalue weighted by molar-refractivity contribution is 6.29. The molecule has 1 N–H and O–H groups in total. The fourth-order valence-corrected chi connectivity index (χ4v) is 3.47. The number of halogens is 1. The summed E-state index contributed by atoms with van der Waals surface area (Å²) in [4.78, 5) is 25.5. The highest BCUT2D eigenvalue weighted by atomic mass is 35.5. The van der Waals surface area contributed by atoms with Crippen molar-refractivity contribution in [2.75, 3.05) is 5.32 Å². The van der Waals surface area contributed by atoms with E-state index in [0.29, 0.717) is 10.8 Å². The van der Waals surface area contributed by atoms with Crippen LogP contribution < -0.4 is 5.32 Å². The number of aryl methyl sites for hydroxylation is 1. The fraction of sp³-hybridized carbons (Fsp3) is 0.120. The minimum Gasteiger partial charge on any atom is -0.326 e. The van der Waals surface area contributed by atoms with E-state index in [1.54, 1.807) is 12.4 Å². The molecule has 4 aromatic rings. The summed E-state index contributed by atoms with van der Waals surface area (Å²) in [6.07, 6.45) is 4.94. The van der Waals surface area contributed by atoms with Crippen LogP contribution in [-0.4, -0.2) is 20.9 Å². The van der Waals surface area contributed by atoms with Gasteiger partial charge in [-0.05, 0) is 60.9 Å². The fourth-order valence-electron chi connectivity index (χ4n) is 3.32. The van der Waals surface area contributed by atoms with Crippen molar-refractivity contribution in [1.29, 1.82) is 0 Å². The molecule has 1 unspecified atom stereocenters. The van der Waals surface area contributed by atoms with E-state index >= 15 is 0 Å². The first-order valence-electron chi connectivity index (χ1n) is 9.91. The third-order valence-electron chi connectivity index (χ3n) is 5.06. The van der Waals surface area contributed by atoms with Gasteiger partial charge in [-0.3, -0.25) is 14.8 Å². The number of hydrogen-bond donors (Lipinski definition) is 1. The minimum absolute atomic E-state index is 0.0816. The van der Waals surface area contributed by atoms with E-state index in [9.17, 15) is 4.79 Å². The molecule has 0 spiro atoms. The Hall–Kier alpha value is -3.57. The van der Waals surface area contributed by atoms with Crippen molar-refractivity contribution in [3.8, 4) is 22.4 Å². The summed E-state index contributed by atoms with van der Waals surface area (Å²) in [5.74, 6) is -0.420. The summed E-state index contributed by atoms with van der Waals surface area (Å²) in [6, 6.07) is 19.5. The lowest BCUT2D eigenvalue weighted by atomic mass is 9.97. The molecular weight excluding hydrogens is 408 g/mol. The molecule has 0 aliphatic carbocycles. The SMILES string of the molecule is Cc1cc(-c2ccc(NC(=O)C(C)c3cccc(-c4cncc(Cl)n4)c3)cc2)ccn1. The molecule has 1 atom stereocenters. The molecule has 0 fully saturated rings. The number of rotatable bonds is 5. The van der Waals surface area contributed by atoms with E-state index in [1.165, 1.54) is 6.20 Å². The lowest BCUT2D eigenvalue weighted by Crippen LogP contribution is -2.18. The average molecular weight is 429 g/mol. The Labute approximate surface area is 186 Å². The van der Waals surface area contributed by atoms with Crippen molar-refractivity contribution < 1.29 is 4.79 Å². The third kappa shape index (κ3) is 4.95. The van der Waals surface area contributed by atoms with Gasteiger partial charge in [-0.1, -0.05) is 41.9 Å². The predicted octanol–water partition coefficient (Wildman–Crippen LogP) is 5.91. The molecule has 0 aliphatic rings. The Morgan fingerprint density at radius 3 is 2.52 bits per heavy atom. The summed E-state index contributed by atoms with van der Waals surface area (Å²) in [5.41, 5.74) is 6.32. The van der Waals surface area contributed by atoms with Crippen LogP contribution in [0.3, 0.4) is 0 Å². The molecule has 0 aliphatic heterocycles. The second kappa shape index (κ2) is 9.06. The molecule has 4 rings (SSSR count). The van der Waals surface area contributed by atoms with E-state index in [2.05, 4.69) is 20.3 Å². The molecule has 6 heteroatoms. The van der Waals surface area contributed by atoms with Crippen molar-refractivity contribution in [2.24, 2.45) is 0 Å². The Morgan fingerprint density at radius 2 is 1.77 bits per heavy atom. The van der Waals surface area contributed by atoms with E-state index < -0.39 is 0 Å². The van der Waals surface area contributed by atoms with Gasteiger partial charge in [0.15, 0.2) is 0 Å². The number of carbonyl (C=O) groups is 1. The molecule has 1 amide bonds. The second-order valence-corrected chi connectivity index (χ2v) is 7.71. The van der Waals surface area contributed by atoms with Crippen molar-refractivity contribution >= 4 is 23.2 Å². The molecule has 2 heterocycles. The van der Waals surface area contributed by atoms with Crippen LogP contribution in [0.5, 0.6) is 0 Å². The van der Waals surface area contributed by atoms with E-state index in [-0.39, 0.29) is 11.8 Å². The number of nitrogens with one attached hydrogen (secondary N) is 1. The maximum absolute atomic E-state index is 12.8. The molecule has 5 nitrogen and oxygen atoms in total. The Morgan fingerprint density at radius 1 is 0.968 bits per heavy atom. The van der Waals surface area contributed by atoms with Crippen LogP contribution in [-0.2, 0) is 4.79 Å². The molecule has 0 saturated carbocycles. The Balaban J connectivity index is 1.48. The average Bonchev–Trinajstić information content (AvgIpc) is 2.79. The Bertz CT molecular complexity index is 1220. The summed E-state index contributed by atoms with van der Waals surface area (Å²) >= 11 is 5.95. The summed E-state index contributed by atoms with van der Waals surface area (Å²) in [7, 11) is 0. The van der Waals surface area contributed by atoms with Gasteiger partial charge in [-0.25, -0.2) is 4.98 Å². The highest BCUT2D eigenvalue weighted by Gasteiger charge is 2.16. The smallest absolute Gasteiger partial charge is 0.231 e. The van der Waals surface area contributed by atoms with Gasteiger partial charge >= 0.3 is 0 Å². The van der Waals surface area contributed by atoms with Gasteiger partial charge in [0.1, 0.15) is 5.15 Å². The second-order valence-electron chi connectivity index (χ2n) is 7.33. The van der Waals surface area contributed by atoms with Crippen LogP contribution in [0, 0.1) is 6.92 Å². The third-order valence-corrected chi connectivity index (χ3v) is 5.25. The van der Waals surface area contributed by atoms with Crippen molar-refractivity contribution in [1.82, 2.24) is 15.0 Å². The molecule has 0 saturated heterocycles. The van der Waals surface area contributed by atoms with E-state index in [0.717, 1.165) is 33.6 Å². The van der Waals surface area contributed by atoms with Crippen molar-refractivity contribution in [3.63, 3.8) is 0 Å².